The van der Waals surface area contributed by atoms with Crippen LogP contribution in [-0.4, -0.2) is 48.8 Å². The first-order valence-electron chi connectivity index (χ1n) is 9.32. The number of thiophene rings is 1. The summed E-state index contributed by atoms with van der Waals surface area (Å²) in [6, 6.07) is 9.51. The fourth-order valence-corrected chi connectivity index (χ4v) is 4.42. The predicted octanol–water partition coefficient (Wildman–Crippen LogP) is 2.02. The van der Waals surface area contributed by atoms with E-state index in [0.29, 0.717) is 37.4 Å². The lowest BCUT2D eigenvalue weighted by molar-refractivity contribution is 0.0752. The van der Waals surface area contributed by atoms with E-state index in [9.17, 15) is 9.59 Å². The van der Waals surface area contributed by atoms with Gasteiger partial charge in [0.25, 0.3) is 11.5 Å². The lowest BCUT2D eigenvalue weighted by Gasteiger charge is -2.37. The molecule has 8 nitrogen and oxygen atoms in total. The number of hydrogen-bond acceptors (Lipinski definition) is 7. The zero-order valence-corrected chi connectivity index (χ0v) is 17.2. The van der Waals surface area contributed by atoms with Crippen molar-refractivity contribution in [3.8, 4) is 0 Å². The molecule has 3 heterocycles. The molecule has 0 spiro atoms. The molecule has 0 unspecified atom stereocenters. The molecule has 1 fully saturated rings. The molecule has 152 valence electrons. The van der Waals surface area contributed by atoms with Crippen LogP contribution < -0.4 is 21.8 Å². The summed E-state index contributed by atoms with van der Waals surface area (Å²) >= 11 is 1.45. The van der Waals surface area contributed by atoms with E-state index in [0.717, 1.165) is 26.2 Å². The second kappa shape index (κ2) is 7.76. The fraction of sp³-hybridized carbons (Fsp3) is 0.300. The van der Waals surface area contributed by atoms with Gasteiger partial charge < -0.3 is 15.6 Å². The fourth-order valence-electron chi connectivity index (χ4n) is 3.73. The molecule has 2 aromatic heterocycles. The van der Waals surface area contributed by atoms with E-state index in [-0.39, 0.29) is 11.5 Å². The lowest BCUT2D eigenvalue weighted by atomic mass is 10.1. The summed E-state index contributed by atoms with van der Waals surface area (Å²) in [5, 5.41) is 2.77. The molecule has 0 saturated carbocycles. The molecule has 3 aromatic rings. The summed E-state index contributed by atoms with van der Waals surface area (Å²) < 4.78 is 1.14. The summed E-state index contributed by atoms with van der Waals surface area (Å²) in [7, 11) is 1.46. The van der Waals surface area contributed by atoms with Crippen LogP contribution in [0.3, 0.4) is 0 Å². The Hall–Kier alpha value is -3.04. The average molecular weight is 414 g/mol. The van der Waals surface area contributed by atoms with Gasteiger partial charge in [-0.3, -0.25) is 19.9 Å². The van der Waals surface area contributed by atoms with Crippen molar-refractivity contribution in [2.45, 2.75) is 6.92 Å². The third-order valence-corrected chi connectivity index (χ3v) is 6.01. The molecule has 0 atom stereocenters. The number of aryl methyl sites for hydroxylation is 1. The number of anilines is 2. The molecular weight excluding hydrogens is 390 g/mol. The minimum Gasteiger partial charge on any atom is -0.366 e. The van der Waals surface area contributed by atoms with Crippen LogP contribution in [0.1, 0.15) is 15.2 Å². The van der Waals surface area contributed by atoms with Gasteiger partial charge in [0.15, 0.2) is 5.69 Å². The van der Waals surface area contributed by atoms with Crippen LogP contribution >= 0.6 is 11.3 Å². The average Bonchev–Trinajstić information content (AvgIpc) is 3.27. The third-order valence-electron chi connectivity index (χ3n) is 5.16. The molecule has 1 aromatic carbocycles. The molecule has 9 heteroatoms. The van der Waals surface area contributed by atoms with E-state index in [1.54, 1.807) is 0 Å². The molecular formula is C20H23N5O3S. The number of pyridine rings is 1. The number of nitrogens with two attached hydrogens (primary N) is 1. The first kappa shape index (κ1) is 19.3. The van der Waals surface area contributed by atoms with E-state index in [4.69, 9.17) is 10.7 Å². The Kier molecular flexibility index (Phi) is 5.16. The second-order valence-electron chi connectivity index (χ2n) is 6.98. The SMILES string of the molecule is CONc1c(N2CCN(C(=O)c3cccs3)CC2)c2cc(C)ccc2n(N)c1=O. The Morgan fingerprint density at radius 2 is 1.97 bits per heavy atom. The number of benzene rings is 1. The number of amides is 1. The molecule has 1 aliphatic heterocycles. The van der Waals surface area contributed by atoms with Crippen molar-refractivity contribution in [1.29, 1.82) is 0 Å². The number of nitrogen functional groups attached to an aromatic ring is 1. The van der Waals surface area contributed by atoms with E-state index >= 15 is 0 Å². The smallest absolute Gasteiger partial charge is 0.296 e. The number of hydrogen-bond donors (Lipinski definition) is 2. The summed E-state index contributed by atoms with van der Waals surface area (Å²) in [4.78, 5) is 35.3. The van der Waals surface area contributed by atoms with Crippen molar-refractivity contribution < 1.29 is 9.63 Å². The number of carbonyl (C=O) groups excluding carboxylic acids is 1. The van der Waals surface area contributed by atoms with Gasteiger partial charge in [0.05, 0.1) is 23.2 Å². The van der Waals surface area contributed by atoms with Gasteiger partial charge in [0.1, 0.15) is 0 Å². The second-order valence-corrected chi connectivity index (χ2v) is 7.93. The first-order valence-corrected chi connectivity index (χ1v) is 10.2. The number of carbonyl (C=O) groups is 1. The van der Waals surface area contributed by atoms with Crippen molar-refractivity contribution >= 4 is 39.5 Å². The van der Waals surface area contributed by atoms with Crippen LogP contribution in [0.15, 0.2) is 40.5 Å². The first-order chi connectivity index (χ1) is 14.0. The Balaban J connectivity index is 1.71. The normalized spacial score (nSPS) is 14.4. The van der Waals surface area contributed by atoms with Crippen LogP contribution in [0, 0.1) is 6.92 Å². The quantitative estimate of drug-likeness (QED) is 0.502. The molecule has 0 bridgehead atoms. The van der Waals surface area contributed by atoms with Gasteiger partial charge in [-0.15, -0.1) is 11.3 Å². The van der Waals surface area contributed by atoms with Gasteiger partial charge in [0.2, 0.25) is 0 Å². The van der Waals surface area contributed by atoms with E-state index in [1.807, 2.05) is 47.5 Å². The predicted molar refractivity (Wildman–Crippen MR) is 116 cm³/mol. The van der Waals surface area contributed by atoms with Crippen molar-refractivity contribution in [3.05, 3.63) is 56.5 Å². The van der Waals surface area contributed by atoms with Gasteiger partial charge in [-0.1, -0.05) is 17.7 Å². The molecule has 0 radical (unpaired) electrons. The highest BCUT2D eigenvalue weighted by atomic mass is 32.1. The summed E-state index contributed by atoms with van der Waals surface area (Å²) in [6.07, 6.45) is 0. The Bertz CT molecular complexity index is 1100. The van der Waals surface area contributed by atoms with Crippen LogP contribution in [-0.2, 0) is 4.84 Å². The van der Waals surface area contributed by atoms with Gasteiger partial charge >= 0.3 is 0 Å². The van der Waals surface area contributed by atoms with Crippen LogP contribution in [0.2, 0.25) is 0 Å². The van der Waals surface area contributed by atoms with Crippen LogP contribution in [0.5, 0.6) is 0 Å². The lowest BCUT2D eigenvalue weighted by Crippen LogP contribution is -2.49. The maximum absolute atomic E-state index is 12.9. The summed E-state index contributed by atoms with van der Waals surface area (Å²) in [6.45, 7) is 4.35. The van der Waals surface area contributed by atoms with E-state index in [2.05, 4.69) is 10.4 Å². The molecule has 3 N–H and O–H groups in total. The number of fused-ring (bicyclic) bond motifs is 1. The Morgan fingerprint density at radius 1 is 1.21 bits per heavy atom. The highest BCUT2D eigenvalue weighted by Crippen LogP contribution is 2.33. The van der Waals surface area contributed by atoms with Crippen LogP contribution in [0.4, 0.5) is 11.4 Å². The molecule has 0 aliphatic carbocycles. The highest BCUT2D eigenvalue weighted by molar-refractivity contribution is 7.12. The third kappa shape index (κ3) is 3.43. The molecule has 1 saturated heterocycles. The molecule has 1 amide bonds. The Morgan fingerprint density at radius 3 is 2.62 bits per heavy atom. The van der Waals surface area contributed by atoms with Gasteiger partial charge in [0, 0.05) is 31.6 Å². The highest BCUT2D eigenvalue weighted by Gasteiger charge is 2.27. The van der Waals surface area contributed by atoms with Gasteiger partial charge in [-0.05, 0) is 30.5 Å². The number of piperazine rings is 1. The minimum absolute atomic E-state index is 0.0490. The zero-order chi connectivity index (χ0) is 20.5. The van der Waals surface area contributed by atoms with Crippen molar-refractivity contribution in [2.75, 3.05) is 49.5 Å². The van der Waals surface area contributed by atoms with Gasteiger partial charge in [-0.25, -0.2) is 4.68 Å². The van der Waals surface area contributed by atoms with Crippen LogP contribution in [0.25, 0.3) is 10.9 Å². The Labute approximate surface area is 172 Å². The molecule has 29 heavy (non-hydrogen) atoms. The maximum atomic E-state index is 12.9. The largest absolute Gasteiger partial charge is 0.366 e. The molecule has 1 aliphatic rings. The van der Waals surface area contributed by atoms with E-state index < -0.39 is 0 Å². The molecule has 4 rings (SSSR count). The topological polar surface area (TPSA) is 92.8 Å². The van der Waals surface area contributed by atoms with Crippen molar-refractivity contribution in [3.63, 3.8) is 0 Å². The minimum atomic E-state index is -0.365. The van der Waals surface area contributed by atoms with Crippen molar-refractivity contribution in [1.82, 2.24) is 9.58 Å². The number of nitrogens with zero attached hydrogens (tertiary/aromatic N) is 3. The van der Waals surface area contributed by atoms with E-state index in [1.165, 1.54) is 18.4 Å². The summed E-state index contributed by atoms with van der Waals surface area (Å²) in [5.41, 5.74) is 5.11. The van der Waals surface area contributed by atoms with Crippen molar-refractivity contribution in [2.24, 2.45) is 0 Å². The zero-order valence-electron chi connectivity index (χ0n) is 16.3. The number of rotatable bonds is 4. The summed E-state index contributed by atoms with van der Waals surface area (Å²) in [5.74, 6) is 6.10. The standard InChI is InChI=1S/C20H23N5O3S/c1-13-5-6-15-14(12-13)18(17(22-28-2)20(27)25(15)21)23-7-9-24(10-8-23)19(26)16-4-3-11-29-16/h3-6,11-12,22H,7-10,21H2,1-2H3. The maximum Gasteiger partial charge on any atom is 0.296 e. The number of aromatic nitrogens is 1. The number of nitrogens with one attached hydrogen (secondary N) is 1. The van der Waals surface area contributed by atoms with Gasteiger partial charge in [-0.2, -0.15) is 0 Å². The monoisotopic (exact) mass is 413 g/mol.